The van der Waals surface area contributed by atoms with E-state index in [9.17, 15) is 13.2 Å². The first-order chi connectivity index (χ1) is 18.3. The second kappa shape index (κ2) is 16.9. The molecule has 0 spiro atoms. The molecule has 3 nitrogen and oxygen atoms in total. The van der Waals surface area contributed by atoms with Crippen molar-refractivity contribution in [3.8, 4) is 11.1 Å². The largest absolute Gasteiger partial charge is 0.416 e. The van der Waals surface area contributed by atoms with Gasteiger partial charge in [0.2, 0.25) is 0 Å². The quantitative estimate of drug-likeness (QED) is 0.132. The van der Waals surface area contributed by atoms with Crippen LogP contribution in [0.25, 0.3) is 11.1 Å². The van der Waals surface area contributed by atoms with Crippen molar-refractivity contribution in [2.75, 3.05) is 19.8 Å². The average Bonchev–Trinajstić information content (AvgIpc) is 2.92. The maximum atomic E-state index is 13.3. The first kappa shape index (κ1) is 32.3. The highest BCUT2D eigenvalue weighted by atomic mass is 19.4. The van der Waals surface area contributed by atoms with Gasteiger partial charge in [-0.1, -0.05) is 103 Å². The summed E-state index contributed by atoms with van der Waals surface area (Å²) in [4.78, 5) is 0. The van der Waals surface area contributed by atoms with Crippen LogP contribution in [-0.2, 0) is 20.4 Å². The molecule has 0 aliphatic carbocycles. The van der Waals surface area contributed by atoms with Crippen molar-refractivity contribution in [1.29, 1.82) is 0 Å². The second-order valence-electron chi connectivity index (χ2n) is 9.96. The van der Waals surface area contributed by atoms with Gasteiger partial charge >= 0.3 is 6.18 Å². The molecule has 2 aromatic carbocycles. The summed E-state index contributed by atoms with van der Waals surface area (Å²) in [6.45, 7) is 9.97. The molecule has 0 amide bonds. The Morgan fingerprint density at radius 2 is 1.18 bits per heavy atom. The average molecular weight is 537 g/mol. The molecule has 38 heavy (non-hydrogen) atoms. The number of hydrogen-bond acceptors (Lipinski definition) is 3. The number of hydrogen-bond donors (Lipinski definition) is 0. The lowest BCUT2D eigenvalue weighted by molar-refractivity contribution is -0.392. The second-order valence-corrected chi connectivity index (χ2v) is 9.96. The van der Waals surface area contributed by atoms with E-state index in [0.29, 0.717) is 25.4 Å². The summed E-state index contributed by atoms with van der Waals surface area (Å²) in [5.41, 5.74) is 1.64. The van der Waals surface area contributed by atoms with E-state index in [2.05, 4.69) is 27.7 Å². The SMILES string of the molecule is CCCCCCCCC(c1ccc(-c2cccc(C(F)(F)F)c2)cc1)C(OCCC)(OCCC)OCCC. The molecule has 2 aromatic rings. The lowest BCUT2D eigenvalue weighted by Crippen LogP contribution is -2.46. The normalized spacial score (nSPS) is 13.1. The Hall–Kier alpha value is -1.89. The van der Waals surface area contributed by atoms with Crippen LogP contribution < -0.4 is 0 Å². The van der Waals surface area contributed by atoms with Gasteiger partial charge in [-0.05, 0) is 54.5 Å². The fraction of sp³-hybridized carbons (Fsp3) is 0.625. The predicted molar refractivity (Wildman–Crippen MR) is 149 cm³/mol. The third-order valence-corrected chi connectivity index (χ3v) is 6.63. The summed E-state index contributed by atoms with van der Waals surface area (Å²) in [5, 5.41) is 0. The minimum absolute atomic E-state index is 0.158. The first-order valence-electron chi connectivity index (χ1n) is 14.5. The molecule has 0 bridgehead atoms. The number of benzene rings is 2. The molecular weight excluding hydrogens is 489 g/mol. The Labute approximate surface area is 228 Å². The molecule has 1 unspecified atom stereocenters. The van der Waals surface area contributed by atoms with Crippen molar-refractivity contribution in [3.05, 3.63) is 59.7 Å². The smallest absolute Gasteiger partial charge is 0.327 e. The number of rotatable bonds is 19. The summed E-state index contributed by atoms with van der Waals surface area (Å²) in [6, 6.07) is 13.2. The van der Waals surface area contributed by atoms with Gasteiger partial charge in [-0.15, -0.1) is 0 Å². The molecule has 0 radical (unpaired) electrons. The maximum absolute atomic E-state index is 13.3. The number of alkyl halides is 3. The van der Waals surface area contributed by atoms with Gasteiger partial charge in [0.05, 0.1) is 31.3 Å². The first-order valence-corrected chi connectivity index (χ1v) is 14.5. The van der Waals surface area contributed by atoms with E-state index < -0.39 is 17.7 Å². The van der Waals surface area contributed by atoms with Crippen LogP contribution in [0, 0.1) is 0 Å². The molecule has 0 aliphatic rings. The van der Waals surface area contributed by atoms with Crippen LogP contribution in [0.3, 0.4) is 0 Å². The third-order valence-electron chi connectivity index (χ3n) is 6.63. The Morgan fingerprint density at radius 1 is 0.632 bits per heavy atom. The summed E-state index contributed by atoms with van der Waals surface area (Å²) in [6.07, 6.45) is 6.03. The van der Waals surface area contributed by atoms with E-state index in [-0.39, 0.29) is 5.92 Å². The lowest BCUT2D eigenvalue weighted by Gasteiger charge is -2.40. The van der Waals surface area contributed by atoms with Gasteiger partial charge in [0.25, 0.3) is 5.97 Å². The van der Waals surface area contributed by atoms with E-state index in [1.54, 1.807) is 6.07 Å². The molecule has 0 aromatic heterocycles. The summed E-state index contributed by atoms with van der Waals surface area (Å²) < 4.78 is 59.0. The van der Waals surface area contributed by atoms with E-state index in [0.717, 1.165) is 55.7 Å². The molecule has 0 fully saturated rings. The summed E-state index contributed by atoms with van der Waals surface area (Å²) in [5.74, 6) is -1.35. The van der Waals surface area contributed by atoms with Crippen LogP contribution in [0.15, 0.2) is 48.5 Å². The highest BCUT2D eigenvalue weighted by Crippen LogP contribution is 2.40. The van der Waals surface area contributed by atoms with Gasteiger partial charge in [0.1, 0.15) is 0 Å². The van der Waals surface area contributed by atoms with Crippen molar-refractivity contribution in [1.82, 2.24) is 0 Å². The lowest BCUT2D eigenvalue weighted by atomic mass is 9.89. The van der Waals surface area contributed by atoms with E-state index in [4.69, 9.17) is 14.2 Å². The molecule has 1 atom stereocenters. The van der Waals surface area contributed by atoms with Gasteiger partial charge in [0, 0.05) is 0 Å². The highest BCUT2D eigenvalue weighted by Gasteiger charge is 2.43. The monoisotopic (exact) mass is 536 g/mol. The fourth-order valence-corrected chi connectivity index (χ4v) is 4.62. The zero-order valence-corrected chi connectivity index (χ0v) is 23.7. The number of unbranched alkanes of at least 4 members (excludes halogenated alkanes) is 5. The van der Waals surface area contributed by atoms with Crippen LogP contribution in [0.1, 0.15) is 109 Å². The Kier molecular flexibility index (Phi) is 14.4. The van der Waals surface area contributed by atoms with Gasteiger partial charge in [0.15, 0.2) is 0 Å². The number of ether oxygens (including phenoxy) is 3. The van der Waals surface area contributed by atoms with Gasteiger partial charge < -0.3 is 14.2 Å². The van der Waals surface area contributed by atoms with Crippen molar-refractivity contribution in [3.63, 3.8) is 0 Å². The Morgan fingerprint density at radius 3 is 1.71 bits per heavy atom. The standard InChI is InChI=1S/C32H47F3O3/c1-5-9-10-11-12-13-17-30(32(36-22-6-2,37-23-7-3)38-24-8-4)27-20-18-26(19-21-27)28-15-14-16-29(25-28)31(33,34)35/h14-16,18-21,25,30H,5-13,17,22-24H2,1-4H3. The van der Waals surface area contributed by atoms with E-state index in [1.807, 2.05) is 24.3 Å². The maximum Gasteiger partial charge on any atom is 0.416 e. The minimum atomic E-state index is -4.37. The van der Waals surface area contributed by atoms with Crippen molar-refractivity contribution >= 4 is 0 Å². The molecule has 214 valence electrons. The zero-order chi connectivity index (χ0) is 27.9. The van der Waals surface area contributed by atoms with E-state index in [1.165, 1.54) is 37.8 Å². The van der Waals surface area contributed by atoms with Gasteiger partial charge in [-0.25, -0.2) is 0 Å². The third kappa shape index (κ3) is 10.0. The van der Waals surface area contributed by atoms with Crippen molar-refractivity contribution in [2.24, 2.45) is 0 Å². The van der Waals surface area contributed by atoms with Crippen LogP contribution in [0.4, 0.5) is 13.2 Å². The predicted octanol–water partition coefficient (Wildman–Crippen LogP) is 10.1. The van der Waals surface area contributed by atoms with Crippen LogP contribution in [-0.4, -0.2) is 25.8 Å². The van der Waals surface area contributed by atoms with E-state index >= 15 is 0 Å². The summed E-state index contributed by atoms with van der Waals surface area (Å²) in [7, 11) is 0. The van der Waals surface area contributed by atoms with Crippen molar-refractivity contribution in [2.45, 2.75) is 110 Å². The molecule has 0 heterocycles. The zero-order valence-electron chi connectivity index (χ0n) is 23.7. The van der Waals surface area contributed by atoms with Crippen LogP contribution in [0.5, 0.6) is 0 Å². The molecular formula is C32H47F3O3. The Balaban J connectivity index is 2.40. The molecule has 0 saturated carbocycles. The molecule has 0 aliphatic heterocycles. The number of halogens is 3. The van der Waals surface area contributed by atoms with Crippen LogP contribution >= 0.6 is 0 Å². The van der Waals surface area contributed by atoms with Gasteiger partial charge in [-0.3, -0.25) is 0 Å². The molecule has 0 N–H and O–H groups in total. The molecule has 0 saturated heterocycles. The molecule has 2 rings (SSSR count). The topological polar surface area (TPSA) is 27.7 Å². The molecule has 6 heteroatoms. The van der Waals surface area contributed by atoms with Crippen LogP contribution in [0.2, 0.25) is 0 Å². The minimum Gasteiger partial charge on any atom is -0.327 e. The summed E-state index contributed by atoms with van der Waals surface area (Å²) >= 11 is 0. The van der Waals surface area contributed by atoms with Gasteiger partial charge in [-0.2, -0.15) is 13.2 Å². The highest BCUT2D eigenvalue weighted by molar-refractivity contribution is 5.64. The Bertz CT molecular complexity index is 874. The fourth-order valence-electron chi connectivity index (χ4n) is 4.62. The van der Waals surface area contributed by atoms with Crippen molar-refractivity contribution < 1.29 is 27.4 Å².